The highest BCUT2D eigenvalue weighted by atomic mass is 35.5. The molecule has 0 bridgehead atoms. The van der Waals surface area contributed by atoms with Gasteiger partial charge in [0.1, 0.15) is 6.17 Å². The maximum atomic E-state index is 8.72. The second kappa shape index (κ2) is 13.0. The third-order valence-electron chi connectivity index (χ3n) is 0.997. The maximum Gasteiger partial charge on any atom is 0.185 e. The van der Waals surface area contributed by atoms with Crippen LogP contribution in [-0.2, 0) is 0 Å². The van der Waals surface area contributed by atoms with Gasteiger partial charge in [-0.3, -0.25) is 5.73 Å². The van der Waals surface area contributed by atoms with Gasteiger partial charge in [0, 0.05) is 13.3 Å². The zero-order chi connectivity index (χ0) is 6.57. The summed E-state index contributed by atoms with van der Waals surface area (Å²) < 4.78 is 0. The summed E-state index contributed by atoms with van der Waals surface area (Å²) in [7, 11) is 0. The van der Waals surface area contributed by atoms with E-state index in [1.165, 1.54) is 0 Å². The standard InChI is InChI=1S/C5H14N2O.2ClH.H3N/c1-3-5(6)7-4(2)8;;;/h4-5,7-8H,3,6H2,1-2H3;2*1H;1H3. The van der Waals surface area contributed by atoms with Gasteiger partial charge in [-0.05, 0) is 0 Å². The van der Waals surface area contributed by atoms with Crippen molar-refractivity contribution >= 4 is 0 Å². The van der Waals surface area contributed by atoms with Gasteiger partial charge in [0.25, 0.3) is 0 Å². The van der Waals surface area contributed by atoms with Crippen LogP contribution >= 0.6 is 0 Å². The van der Waals surface area contributed by atoms with Crippen LogP contribution < -0.4 is 42.0 Å². The quantitative estimate of drug-likeness (QED) is 0.346. The van der Waals surface area contributed by atoms with Crippen molar-refractivity contribution in [1.29, 1.82) is 0 Å². The Kier molecular flexibility index (Phi) is 26.7. The molecule has 0 aromatic carbocycles. The summed E-state index contributed by atoms with van der Waals surface area (Å²) in [5.74, 6) is 0. The fourth-order valence-corrected chi connectivity index (χ4v) is 0.494. The summed E-state index contributed by atoms with van der Waals surface area (Å²) in [6, 6.07) is 0. The van der Waals surface area contributed by atoms with Gasteiger partial charge in [0.05, 0.1) is 0 Å². The van der Waals surface area contributed by atoms with Gasteiger partial charge in [0.15, 0.2) is 6.23 Å². The molecule has 0 aromatic heterocycles. The first kappa shape index (κ1) is 22.5. The molecule has 0 rings (SSSR count). The van der Waals surface area contributed by atoms with E-state index in [2.05, 4.69) is 0 Å². The van der Waals surface area contributed by atoms with Gasteiger partial charge >= 0.3 is 0 Å². The Morgan fingerprint density at radius 2 is 1.82 bits per heavy atom. The normalized spacial score (nSPS) is 13.1. The van der Waals surface area contributed by atoms with Crippen molar-refractivity contribution < 1.29 is 35.2 Å². The highest BCUT2D eigenvalue weighted by Gasteiger charge is 2.03. The Balaban J connectivity index is -0.0000000817. The van der Waals surface area contributed by atoms with Gasteiger partial charge in [-0.2, -0.15) is 0 Å². The number of quaternary nitrogens is 2. The Hall–Kier alpha value is 0.420. The lowest BCUT2D eigenvalue weighted by Gasteiger charge is -2.08. The first-order chi connectivity index (χ1) is 3.66. The highest BCUT2D eigenvalue weighted by Crippen LogP contribution is 1.70. The van der Waals surface area contributed by atoms with Crippen LogP contribution in [0.5, 0.6) is 0 Å². The van der Waals surface area contributed by atoms with E-state index in [1.54, 1.807) is 12.2 Å². The lowest BCUT2D eigenvalue weighted by molar-refractivity contribution is -0.749. The van der Waals surface area contributed by atoms with E-state index in [-0.39, 0.29) is 43.4 Å². The predicted molar refractivity (Wildman–Crippen MR) is 37.9 cm³/mol. The average molecular weight is 208 g/mol. The summed E-state index contributed by atoms with van der Waals surface area (Å²) in [4.78, 5) is 0. The molecule has 4 nitrogen and oxygen atoms in total. The van der Waals surface area contributed by atoms with E-state index in [0.717, 1.165) is 6.42 Å². The van der Waals surface area contributed by atoms with E-state index in [4.69, 9.17) is 10.8 Å². The van der Waals surface area contributed by atoms with Crippen molar-refractivity contribution in [2.45, 2.75) is 32.7 Å². The third kappa shape index (κ3) is 17.9. The lowest BCUT2D eigenvalue weighted by Crippen LogP contribution is -3.00. The van der Waals surface area contributed by atoms with E-state index < -0.39 is 0 Å². The van der Waals surface area contributed by atoms with Gasteiger partial charge in [-0.15, -0.1) is 0 Å². The van der Waals surface area contributed by atoms with Crippen LogP contribution in [-0.4, -0.2) is 17.5 Å². The van der Waals surface area contributed by atoms with Crippen molar-refractivity contribution in [3.63, 3.8) is 0 Å². The Morgan fingerprint density at radius 3 is 1.91 bits per heavy atom. The van der Waals surface area contributed by atoms with E-state index in [1.807, 2.05) is 6.92 Å². The molecule has 0 saturated carbocycles. The molecule has 0 spiro atoms. The van der Waals surface area contributed by atoms with Crippen LogP contribution in [0.3, 0.4) is 0 Å². The predicted octanol–water partition coefficient (Wildman–Crippen LogP) is -7.03. The number of aliphatic hydroxyl groups excluding tert-OH is 1. The van der Waals surface area contributed by atoms with Crippen LogP contribution in [0.1, 0.15) is 20.3 Å². The van der Waals surface area contributed by atoms with Gasteiger partial charge in [-0.1, -0.05) is 6.92 Å². The molecule has 9 N–H and O–H groups in total. The number of rotatable bonds is 3. The van der Waals surface area contributed by atoms with Crippen molar-refractivity contribution in [2.24, 2.45) is 5.73 Å². The minimum atomic E-state index is -0.370. The van der Waals surface area contributed by atoms with Crippen molar-refractivity contribution in [3.05, 3.63) is 0 Å². The van der Waals surface area contributed by atoms with Crippen LogP contribution in [0.2, 0.25) is 0 Å². The Morgan fingerprint density at radius 1 is 1.45 bits per heavy atom. The molecule has 0 aromatic rings. The monoisotopic (exact) mass is 207 g/mol. The summed E-state index contributed by atoms with van der Waals surface area (Å²) >= 11 is 0. The largest absolute Gasteiger partial charge is 1.00 e. The van der Waals surface area contributed by atoms with E-state index in [0.29, 0.717) is 0 Å². The molecule has 0 aliphatic rings. The Bertz CT molecular complexity index is 65.7. The second-order valence-electron chi connectivity index (χ2n) is 2.01. The first-order valence-corrected chi connectivity index (χ1v) is 2.95. The molecule has 0 amide bonds. The van der Waals surface area contributed by atoms with Gasteiger partial charge < -0.3 is 41.4 Å². The molecule has 74 valence electrons. The van der Waals surface area contributed by atoms with Crippen molar-refractivity contribution in [2.75, 3.05) is 0 Å². The smallest absolute Gasteiger partial charge is 0.185 e. The number of hydrogen-bond acceptors (Lipinski definition) is 2. The summed E-state index contributed by atoms with van der Waals surface area (Å²) in [6.45, 7) is 3.69. The molecule has 2 atom stereocenters. The second-order valence-corrected chi connectivity index (χ2v) is 2.01. The molecule has 0 aliphatic heterocycles. The third-order valence-corrected chi connectivity index (χ3v) is 0.997. The molecular formula is C5H19Cl2N3O. The number of aliphatic hydroxyl groups is 1. The number of hydrogen-bond donors (Lipinski definition) is 4. The van der Waals surface area contributed by atoms with E-state index >= 15 is 0 Å². The zero-order valence-corrected chi connectivity index (χ0v) is 8.73. The summed E-state index contributed by atoms with van der Waals surface area (Å²) in [5.41, 5.74) is 5.46. The van der Waals surface area contributed by atoms with E-state index in [9.17, 15) is 0 Å². The molecule has 0 fully saturated rings. The summed E-state index contributed by atoms with van der Waals surface area (Å²) in [5, 5.41) is 10.4. The molecule has 0 heterocycles. The van der Waals surface area contributed by atoms with Gasteiger partial charge in [-0.25, -0.2) is 0 Å². The molecule has 11 heavy (non-hydrogen) atoms. The molecule has 2 unspecified atom stereocenters. The first-order valence-electron chi connectivity index (χ1n) is 2.95. The van der Waals surface area contributed by atoms with Crippen molar-refractivity contribution in [1.82, 2.24) is 6.15 Å². The van der Waals surface area contributed by atoms with Gasteiger partial charge in [0.2, 0.25) is 0 Å². The van der Waals surface area contributed by atoms with Crippen LogP contribution in [0.4, 0.5) is 0 Å². The number of halogens is 2. The molecule has 0 aliphatic carbocycles. The SMILES string of the molecule is CCC(N)[NH2+]C(C)O.[Cl-].[Cl-].[NH4+]. The van der Waals surface area contributed by atoms with Crippen LogP contribution in [0, 0.1) is 0 Å². The lowest BCUT2D eigenvalue weighted by atomic mass is 10.4. The van der Waals surface area contributed by atoms with Crippen LogP contribution in [0.15, 0.2) is 0 Å². The molecule has 6 heteroatoms. The summed E-state index contributed by atoms with van der Waals surface area (Å²) in [6.07, 6.45) is 0.574. The van der Waals surface area contributed by atoms with Crippen molar-refractivity contribution in [3.8, 4) is 0 Å². The highest BCUT2D eigenvalue weighted by molar-refractivity contribution is 4.33. The Labute approximate surface area is 80.3 Å². The molecule has 0 saturated heterocycles. The molecular weight excluding hydrogens is 189 g/mol. The molecule has 0 radical (unpaired) electrons. The fourth-order valence-electron chi connectivity index (χ4n) is 0.494. The average Bonchev–Trinajstić information content (AvgIpc) is 1.65. The minimum absolute atomic E-state index is 0. The van der Waals surface area contributed by atoms with Crippen LogP contribution in [0.25, 0.3) is 0 Å². The minimum Gasteiger partial charge on any atom is -1.00 e. The number of nitrogens with two attached hydrogens (primary N) is 2. The fraction of sp³-hybridized carbons (Fsp3) is 1.00. The topological polar surface area (TPSA) is 99.4 Å². The maximum absolute atomic E-state index is 8.72. The zero-order valence-electron chi connectivity index (χ0n) is 7.22.